The van der Waals surface area contributed by atoms with Crippen molar-refractivity contribution in [2.75, 3.05) is 7.05 Å². The molecule has 2 heterocycles. The van der Waals surface area contributed by atoms with Gasteiger partial charge in [-0.3, -0.25) is 0 Å². The molecule has 2 aromatic heterocycles. The first kappa shape index (κ1) is 9.89. The Morgan fingerprint density at radius 3 is 3.14 bits per heavy atom. The van der Waals surface area contributed by atoms with Crippen molar-refractivity contribution in [2.24, 2.45) is 0 Å². The zero-order chi connectivity index (χ0) is 9.97. The molecule has 0 aliphatic rings. The minimum atomic E-state index is 0.810. The van der Waals surface area contributed by atoms with Gasteiger partial charge in [0.25, 0.3) is 0 Å². The van der Waals surface area contributed by atoms with Gasteiger partial charge in [0.2, 0.25) is 0 Å². The minimum Gasteiger partial charge on any atom is -0.347 e. The van der Waals surface area contributed by atoms with Crippen molar-refractivity contribution >= 4 is 27.3 Å². The second-order valence-corrected chi connectivity index (χ2v) is 4.72. The lowest BCUT2D eigenvalue weighted by Crippen LogP contribution is -2.06. The zero-order valence-electron chi connectivity index (χ0n) is 7.67. The Balaban J connectivity index is 2.36. The highest BCUT2D eigenvalue weighted by molar-refractivity contribution is 9.10. The van der Waals surface area contributed by atoms with Crippen molar-refractivity contribution in [2.45, 2.75) is 6.54 Å². The maximum atomic E-state index is 4.31. The topological polar surface area (TPSA) is 40.7 Å². The van der Waals surface area contributed by atoms with E-state index in [-0.39, 0.29) is 0 Å². The summed E-state index contributed by atoms with van der Waals surface area (Å²) >= 11 is 5.13. The van der Waals surface area contributed by atoms with Crippen LogP contribution in [0.2, 0.25) is 0 Å². The van der Waals surface area contributed by atoms with Crippen molar-refractivity contribution in [1.29, 1.82) is 0 Å². The summed E-state index contributed by atoms with van der Waals surface area (Å²) in [5.41, 5.74) is 2.16. The van der Waals surface area contributed by atoms with Crippen LogP contribution in [0, 0.1) is 0 Å². The van der Waals surface area contributed by atoms with Gasteiger partial charge in [-0.1, -0.05) is 0 Å². The summed E-state index contributed by atoms with van der Waals surface area (Å²) in [7, 11) is 1.93. The fourth-order valence-electron chi connectivity index (χ4n) is 1.28. The molecule has 0 spiro atoms. The second-order valence-electron chi connectivity index (χ2n) is 2.89. The Labute approximate surface area is 94.7 Å². The molecule has 0 saturated carbocycles. The predicted octanol–water partition coefficient (Wildman–Crippen LogP) is 2.62. The Hall–Kier alpha value is -0.650. The van der Waals surface area contributed by atoms with Crippen molar-refractivity contribution in [1.82, 2.24) is 15.3 Å². The molecule has 2 rings (SSSR count). The van der Waals surface area contributed by atoms with E-state index in [1.54, 1.807) is 17.7 Å². The first-order valence-corrected chi connectivity index (χ1v) is 5.90. The fraction of sp³-hybridized carbons (Fsp3) is 0.222. The number of nitrogens with zero attached hydrogens (tertiary/aromatic N) is 1. The van der Waals surface area contributed by atoms with E-state index in [2.05, 4.69) is 42.7 Å². The van der Waals surface area contributed by atoms with Gasteiger partial charge in [0.15, 0.2) is 0 Å². The summed E-state index contributed by atoms with van der Waals surface area (Å²) in [6.07, 6.45) is 1.73. The third-order valence-electron chi connectivity index (χ3n) is 1.87. The molecule has 3 nitrogen and oxygen atoms in total. The largest absolute Gasteiger partial charge is 0.347 e. The Kier molecular flexibility index (Phi) is 3.00. The molecule has 74 valence electrons. The summed E-state index contributed by atoms with van der Waals surface area (Å²) in [5.74, 6) is 0. The maximum Gasteiger partial charge on any atom is 0.103 e. The number of rotatable bonds is 3. The summed E-state index contributed by atoms with van der Waals surface area (Å²) in [6, 6.07) is 2.08. The molecule has 0 aliphatic heterocycles. The number of aromatic nitrogens is 2. The number of nitrogens with one attached hydrogen (secondary N) is 2. The average Bonchev–Trinajstić information content (AvgIpc) is 2.74. The number of thiophene rings is 1. The summed E-state index contributed by atoms with van der Waals surface area (Å²) in [4.78, 5) is 8.63. The number of halogens is 1. The van der Waals surface area contributed by atoms with Crippen molar-refractivity contribution < 1.29 is 0 Å². The molecule has 5 heteroatoms. The molecule has 0 fully saturated rings. The number of aromatic amines is 1. The average molecular weight is 272 g/mol. The van der Waals surface area contributed by atoms with E-state index in [1.807, 2.05) is 7.05 Å². The van der Waals surface area contributed by atoms with E-state index in [4.69, 9.17) is 0 Å². The first-order chi connectivity index (χ1) is 6.81. The van der Waals surface area contributed by atoms with Crippen LogP contribution < -0.4 is 5.32 Å². The van der Waals surface area contributed by atoms with Gasteiger partial charge in [0.1, 0.15) is 5.69 Å². The highest BCUT2D eigenvalue weighted by atomic mass is 79.9. The van der Waals surface area contributed by atoms with Crippen LogP contribution in [0.4, 0.5) is 0 Å². The molecule has 0 aromatic carbocycles. The summed E-state index contributed by atoms with van der Waals surface area (Å²) in [6.45, 7) is 0.810. The van der Waals surface area contributed by atoms with Crippen molar-refractivity contribution in [3.8, 4) is 10.6 Å². The van der Waals surface area contributed by atoms with Crippen LogP contribution in [0.3, 0.4) is 0 Å². The van der Waals surface area contributed by atoms with E-state index in [0.29, 0.717) is 0 Å². The third-order valence-corrected chi connectivity index (χ3v) is 3.57. The Morgan fingerprint density at radius 2 is 2.50 bits per heavy atom. The minimum absolute atomic E-state index is 0.810. The number of H-pyrrole nitrogens is 1. The molecule has 0 unspecified atom stereocenters. The van der Waals surface area contributed by atoms with E-state index < -0.39 is 0 Å². The quantitative estimate of drug-likeness (QED) is 0.901. The molecule has 2 N–H and O–H groups in total. The summed E-state index contributed by atoms with van der Waals surface area (Å²) < 4.78 is 1.11. The molecular weight excluding hydrogens is 262 g/mol. The van der Waals surface area contributed by atoms with Gasteiger partial charge in [0, 0.05) is 16.4 Å². The van der Waals surface area contributed by atoms with Crippen LogP contribution in [-0.2, 0) is 6.54 Å². The van der Waals surface area contributed by atoms with E-state index in [0.717, 1.165) is 22.4 Å². The van der Waals surface area contributed by atoms with Gasteiger partial charge in [-0.25, -0.2) is 4.98 Å². The molecule has 14 heavy (non-hydrogen) atoms. The Bertz CT molecular complexity index is 421. The van der Waals surface area contributed by atoms with E-state index >= 15 is 0 Å². The molecule has 2 aromatic rings. The van der Waals surface area contributed by atoms with Crippen molar-refractivity contribution in [3.05, 3.63) is 27.9 Å². The third kappa shape index (κ3) is 1.89. The molecule has 0 amide bonds. The van der Waals surface area contributed by atoms with E-state index in [1.165, 1.54) is 4.88 Å². The lowest BCUT2D eigenvalue weighted by molar-refractivity contribution is 0.799. The number of hydrogen-bond donors (Lipinski definition) is 2. The number of imidazole rings is 1. The van der Waals surface area contributed by atoms with Crippen LogP contribution in [0.15, 0.2) is 22.2 Å². The van der Waals surface area contributed by atoms with Crippen LogP contribution in [0.25, 0.3) is 10.6 Å². The van der Waals surface area contributed by atoms with Gasteiger partial charge in [-0.05, 0) is 29.0 Å². The predicted molar refractivity (Wildman–Crippen MR) is 62.4 cm³/mol. The smallest absolute Gasteiger partial charge is 0.103 e. The van der Waals surface area contributed by atoms with Gasteiger partial charge in [-0.2, -0.15) is 0 Å². The standard InChI is InChI=1S/C9H10BrN3S/c1-11-3-7-9(13-5-12-7)8-2-6(10)4-14-8/h2,4-5,11H,3H2,1H3,(H,12,13). The number of hydrogen-bond acceptors (Lipinski definition) is 3. The molecule has 0 radical (unpaired) electrons. The second kappa shape index (κ2) is 4.25. The van der Waals surface area contributed by atoms with E-state index in [9.17, 15) is 0 Å². The monoisotopic (exact) mass is 271 g/mol. The molecule has 0 atom stereocenters. The molecule has 0 bridgehead atoms. The van der Waals surface area contributed by atoms with Crippen molar-refractivity contribution in [3.63, 3.8) is 0 Å². The van der Waals surface area contributed by atoms with Crippen LogP contribution in [0.1, 0.15) is 5.69 Å². The van der Waals surface area contributed by atoms with Crippen LogP contribution in [0.5, 0.6) is 0 Å². The zero-order valence-corrected chi connectivity index (χ0v) is 10.1. The van der Waals surface area contributed by atoms with Gasteiger partial charge in [-0.15, -0.1) is 11.3 Å². The molecule has 0 aliphatic carbocycles. The fourth-order valence-corrected chi connectivity index (χ4v) is 2.73. The summed E-state index contributed by atoms with van der Waals surface area (Å²) in [5, 5.41) is 5.17. The van der Waals surface area contributed by atoms with Gasteiger partial charge in [0.05, 0.1) is 16.9 Å². The Morgan fingerprint density at radius 1 is 1.64 bits per heavy atom. The normalized spacial score (nSPS) is 10.7. The molecular formula is C9H10BrN3S. The van der Waals surface area contributed by atoms with Crippen LogP contribution >= 0.6 is 27.3 Å². The SMILES string of the molecule is CNCc1[nH]cnc1-c1cc(Br)cs1. The lowest BCUT2D eigenvalue weighted by atomic mass is 10.3. The highest BCUT2D eigenvalue weighted by Gasteiger charge is 2.09. The van der Waals surface area contributed by atoms with Gasteiger partial charge < -0.3 is 10.3 Å². The van der Waals surface area contributed by atoms with Gasteiger partial charge >= 0.3 is 0 Å². The molecule has 0 saturated heterocycles. The highest BCUT2D eigenvalue weighted by Crippen LogP contribution is 2.30. The first-order valence-electron chi connectivity index (χ1n) is 4.22. The lowest BCUT2D eigenvalue weighted by Gasteiger charge is -1.98. The van der Waals surface area contributed by atoms with Crippen LogP contribution in [-0.4, -0.2) is 17.0 Å². The maximum absolute atomic E-state index is 4.31.